The smallest absolute Gasteiger partial charge is 0.258 e. The Morgan fingerprint density at radius 3 is 2.11 bits per heavy atom. The average molecular weight is 368 g/mol. The molecule has 2 amide bonds. The molecule has 0 aliphatic carbocycles. The Labute approximate surface area is 161 Å². The van der Waals surface area contributed by atoms with Crippen LogP contribution in [-0.4, -0.2) is 24.5 Å². The zero-order valence-corrected chi connectivity index (χ0v) is 16.4. The van der Waals surface area contributed by atoms with Crippen molar-refractivity contribution in [2.24, 2.45) is 5.92 Å². The Bertz CT molecular complexity index is 740. The van der Waals surface area contributed by atoms with Gasteiger partial charge in [-0.2, -0.15) is 0 Å². The van der Waals surface area contributed by atoms with Crippen LogP contribution in [0.1, 0.15) is 39.2 Å². The van der Waals surface area contributed by atoms with Crippen LogP contribution in [0.3, 0.4) is 0 Å². The summed E-state index contributed by atoms with van der Waals surface area (Å²) in [5.74, 6) is 0.421. The van der Waals surface area contributed by atoms with Gasteiger partial charge in [-0.05, 0) is 41.7 Å². The summed E-state index contributed by atoms with van der Waals surface area (Å²) in [5.41, 5.74) is 1.92. The van der Waals surface area contributed by atoms with Crippen LogP contribution in [0.25, 0.3) is 0 Å². The molecule has 0 aliphatic rings. The second-order valence-electron chi connectivity index (χ2n) is 7.16. The molecule has 144 valence electrons. The van der Waals surface area contributed by atoms with Crippen LogP contribution in [0, 0.1) is 5.92 Å². The largest absolute Gasteiger partial charge is 0.484 e. The van der Waals surface area contributed by atoms with Gasteiger partial charge in [0.05, 0.1) is 0 Å². The number of benzene rings is 2. The Morgan fingerprint density at radius 1 is 0.926 bits per heavy atom. The molecule has 0 aromatic heterocycles. The van der Waals surface area contributed by atoms with E-state index in [2.05, 4.69) is 24.5 Å². The highest BCUT2D eigenvalue weighted by Crippen LogP contribution is 2.17. The van der Waals surface area contributed by atoms with Crippen molar-refractivity contribution in [2.45, 2.75) is 39.7 Å². The first-order valence-corrected chi connectivity index (χ1v) is 9.25. The molecular formula is C22H28N2O3. The van der Waals surface area contributed by atoms with Crippen molar-refractivity contribution in [3.05, 3.63) is 60.2 Å². The molecule has 0 fully saturated rings. The van der Waals surface area contributed by atoms with Crippen molar-refractivity contribution >= 4 is 17.5 Å². The molecule has 0 unspecified atom stereocenters. The van der Waals surface area contributed by atoms with Gasteiger partial charge in [0, 0.05) is 5.69 Å². The fourth-order valence-corrected chi connectivity index (χ4v) is 2.59. The normalized spacial score (nSPS) is 11.9. The number of carbonyl (C=O) groups excluding carboxylic acids is 2. The van der Waals surface area contributed by atoms with Crippen LogP contribution in [0.15, 0.2) is 54.6 Å². The summed E-state index contributed by atoms with van der Waals surface area (Å²) in [5, 5.41) is 5.63. The maximum atomic E-state index is 12.6. The highest BCUT2D eigenvalue weighted by Gasteiger charge is 2.24. The molecule has 0 radical (unpaired) electrons. The van der Waals surface area contributed by atoms with Crippen molar-refractivity contribution < 1.29 is 14.3 Å². The maximum absolute atomic E-state index is 12.6. The minimum Gasteiger partial charge on any atom is -0.484 e. The van der Waals surface area contributed by atoms with Gasteiger partial charge in [0.25, 0.3) is 5.91 Å². The van der Waals surface area contributed by atoms with Gasteiger partial charge in [-0.3, -0.25) is 9.59 Å². The summed E-state index contributed by atoms with van der Waals surface area (Å²) < 4.78 is 5.44. The van der Waals surface area contributed by atoms with E-state index in [1.807, 2.05) is 56.3 Å². The molecule has 27 heavy (non-hydrogen) atoms. The van der Waals surface area contributed by atoms with Crippen molar-refractivity contribution in [3.63, 3.8) is 0 Å². The molecule has 2 rings (SSSR count). The standard InChI is InChI=1S/C22H28N2O3/c1-15(2)17-10-12-18(13-11-17)23-22(26)21(16(3)4)24-20(25)14-27-19-8-6-5-7-9-19/h5-13,15-16,21H,14H2,1-4H3,(H,23,26)(H,24,25)/t21-/m0/s1. The lowest BCUT2D eigenvalue weighted by Gasteiger charge is -2.22. The molecular weight excluding hydrogens is 340 g/mol. The molecule has 5 nitrogen and oxygen atoms in total. The van der Waals surface area contributed by atoms with E-state index in [1.165, 1.54) is 5.56 Å². The average Bonchev–Trinajstić information content (AvgIpc) is 2.65. The van der Waals surface area contributed by atoms with Crippen LogP contribution in [-0.2, 0) is 9.59 Å². The fourth-order valence-electron chi connectivity index (χ4n) is 2.59. The Hall–Kier alpha value is -2.82. The predicted molar refractivity (Wildman–Crippen MR) is 108 cm³/mol. The van der Waals surface area contributed by atoms with Gasteiger partial charge in [-0.1, -0.05) is 58.0 Å². The molecule has 2 aromatic carbocycles. The Kier molecular flexibility index (Phi) is 7.41. The van der Waals surface area contributed by atoms with E-state index >= 15 is 0 Å². The van der Waals surface area contributed by atoms with Gasteiger partial charge in [-0.25, -0.2) is 0 Å². The molecule has 2 aromatic rings. The molecule has 0 saturated heterocycles. The van der Waals surface area contributed by atoms with Crippen LogP contribution >= 0.6 is 0 Å². The number of rotatable bonds is 8. The van der Waals surface area contributed by atoms with Gasteiger partial charge < -0.3 is 15.4 Å². The third-order valence-corrected chi connectivity index (χ3v) is 4.22. The lowest BCUT2D eigenvalue weighted by atomic mass is 10.0. The third-order valence-electron chi connectivity index (χ3n) is 4.22. The second-order valence-corrected chi connectivity index (χ2v) is 7.16. The van der Waals surface area contributed by atoms with Crippen LogP contribution in [0.2, 0.25) is 0 Å². The zero-order chi connectivity index (χ0) is 19.8. The number of para-hydroxylation sites is 1. The number of hydrogen-bond acceptors (Lipinski definition) is 3. The molecule has 5 heteroatoms. The topological polar surface area (TPSA) is 67.4 Å². The van der Waals surface area contributed by atoms with Gasteiger partial charge in [0.2, 0.25) is 5.91 Å². The predicted octanol–water partition coefficient (Wildman–Crippen LogP) is 3.97. The molecule has 2 N–H and O–H groups in total. The number of ether oxygens (including phenoxy) is 1. The molecule has 0 aliphatic heterocycles. The van der Waals surface area contributed by atoms with Gasteiger partial charge in [0.1, 0.15) is 11.8 Å². The fraction of sp³-hybridized carbons (Fsp3) is 0.364. The van der Waals surface area contributed by atoms with Crippen molar-refractivity contribution in [1.82, 2.24) is 5.32 Å². The summed E-state index contributed by atoms with van der Waals surface area (Å²) in [6, 6.07) is 16.2. The monoisotopic (exact) mass is 368 g/mol. The molecule has 0 bridgehead atoms. The van der Waals surface area contributed by atoms with E-state index in [9.17, 15) is 9.59 Å². The quantitative estimate of drug-likeness (QED) is 0.741. The summed E-state index contributed by atoms with van der Waals surface area (Å²) in [7, 11) is 0. The van der Waals surface area contributed by atoms with E-state index in [-0.39, 0.29) is 24.3 Å². The first-order valence-electron chi connectivity index (χ1n) is 9.25. The van der Waals surface area contributed by atoms with Crippen molar-refractivity contribution in [2.75, 3.05) is 11.9 Å². The van der Waals surface area contributed by atoms with E-state index in [4.69, 9.17) is 4.74 Å². The molecule has 1 atom stereocenters. The van der Waals surface area contributed by atoms with E-state index in [1.54, 1.807) is 12.1 Å². The SMILES string of the molecule is CC(C)c1ccc(NC(=O)[C@@H](NC(=O)COc2ccccc2)C(C)C)cc1. The second kappa shape index (κ2) is 9.76. The summed E-state index contributed by atoms with van der Waals surface area (Å²) >= 11 is 0. The summed E-state index contributed by atoms with van der Waals surface area (Å²) in [4.78, 5) is 24.8. The number of nitrogens with one attached hydrogen (secondary N) is 2. The maximum Gasteiger partial charge on any atom is 0.258 e. The van der Waals surface area contributed by atoms with Crippen LogP contribution in [0.5, 0.6) is 5.75 Å². The van der Waals surface area contributed by atoms with Crippen LogP contribution < -0.4 is 15.4 Å². The summed E-state index contributed by atoms with van der Waals surface area (Å²) in [6.45, 7) is 7.89. The number of carbonyl (C=O) groups is 2. The van der Waals surface area contributed by atoms with Crippen molar-refractivity contribution in [3.8, 4) is 5.75 Å². The van der Waals surface area contributed by atoms with Crippen LogP contribution in [0.4, 0.5) is 5.69 Å². The zero-order valence-electron chi connectivity index (χ0n) is 16.4. The summed E-state index contributed by atoms with van der Waals surface area (Å²) in [6.07, 6.45) is 0. The van der Waals surface area contributed by atoms with Crippen molar-refractivity contribution in [1.29, 1.82) is 0 Å². The molecule has 0 heterocycles. The van der Waals surface area contributed by atoms with E-state index in [0.29, 0.717) is 17.4 Å². The number of hydrogen-bond donors (Lipinski definition) is 2. The van der Waals surface area contributed by atoms with Gasteiger partial charge >= 0.3 is 0 Å². The Morgan fingerprint density at radius 2 is 1.56 bits per heavy atom. The van der Waals surface area contributed by atoms with Gasteiger partial charge in [-0.15, -0.1) is 0 Å². The lowest BCUT2D eigenvalue weighted by molar-refractivity contribution is -0.128. The first kappa shape index (κ1) is 20.5. The van der Waals surface area contributed by atoms with E-state index < -0.39 is 6.04 Å². The lowest BCUT2D eigenvalue weighted by Crippen LogP contribution is -2.48. The third kappa shape index (κ3) is 6.44. The number of anilines is 1. The number of amides is 2. The minimum atomic E-state index is -0.637. The van der Waals surface area contributed by atoms with E-state index in [0.717, 1.165) is 0 Å². The Balaban J connectivity index is 1.92. The molecule has 0 spiro atoms. The minimum absolute atomic E-state index is 0.0550. The van der Waals surface area contributed by atoms with Gasteiger partial charge in [0.15, 0.2) is 6.61 Å². The highest BCUT2D eigenvalue weighted by atomic mass is 16.5. The molecule has 0 saturated carbocycles. The highest BCUT2D eigenvalue weighted by molar-refractivity contribution is 5.97. The first-order chi connectivity index (χ1) is 12.9.